The van der Waals surface area contributed by atoms with E-state index in [4.69, 9.17) is 4.74 Å². The van der Waals surface area contributed by atoms with Crippen LogP contribution in [-0.2, 0) is 17.6 Å². The van der Waals surface area contributed by atoms with Gasteiger partial charge in [0.25, 0.3) is 5.91 Å². The van der Waals surface area contributed by atoms with Crippen LogP contribution in [0.15, 0.2) is 18.2 Å². The number of amides is 1. The highest BCUT2D eigenvalue weighted by Gasteiger charge is 2.27. The summed E-state index contributed by atoms with van der Waals surface area (Å²) >= 11 is 0. The number of nitrogens with one attached hydrogen (secondary N) is 1. The zero-order valence-electron chi connectivity index (χ0n) is 15.3. The normalized spacial score (nSPS) is 15.0. The van der Waals surface area contributed by atoms with Crippen molar-refractivity contribution in [2.24, 2.45) is 5.41 Å². The molecule has 1 aliphatic rings. The van der Waals surface area contributed by atoms with E-state index in [0.717, 1.165) is 25.0 Å². The Bertz CT molecular complexity index is 555. The minimum atomic E-state index is -0.228. The maximum atomic E-state index is 12.2. The van der Waals surface area contributed by atoms with E-state index >= 15 is 0 Å². The van der Waals surface area contributed by atoms with Gasteiger partial charge in [-0.2, -0.15) is 0 Å². The fourth-order valence-electron chi connectivity index (χ4n) is 3.73. The van der Waals surface area contributed by atoms with E-state index in [2.05, 4.69) is 52.1 Å². The average molecular weight is 317 g/mol. The third-order valence-electron chi connectivity index (χ3n) is 4.14. The summed E-state index contributed by atoms with van der Waals surface area (Å²) < 4.78 is 5.70. The lowest BCUT2D eigenvalue weighted by molar-refractivity contribution is -0.125. The second kappa shape index (κ2) is 6.94. The van der Waals surface area contributed by atoms with E-state index in [1.54, 1.807) is 0 Å². The first-order chi connectivity index (χ1) is 10.6. The van der Waals surface area contributed by atoms with Crippen LogP contribution in [0.4, 0.5) is 0 Å². The molecule has 1 amide bonds. The van der Waals surface area contributed by atoms with Gasteiger partial charge in [0.15, 0.2) is 6.61 Å². The predicted molar refractivity (Wildman–Crippen MR) is 94.9 cm³/mol. The minimum Gasteiger partial charge on any atom is -0.484 e. The Kier molecular flexibility index (Phi) is 5.38. The molecule has 0 bridgehead atoms. The zero-order chi connectivity index (χ0) is 17.1. The first-order valence-electron chi connectivity index (χ1n) is 8.70. The summed E-state index contributed by atoms with van der Waals surface area (Å²) in [6, 6.07) is 6.23. The van der Waals surface area contributed by atoms with Gasteiger partial charge in [0.2, 0.25) is 0 Å². The van der Waals surface area contributed by atoms with Crippen LogP contribution in [0.1, 0.15) is 65.0 Å². The van der Waals surface area contributed by atoms with Crippen LogP contribution in [0, 0.1) is 5.41 Å². The average Bonchev–Trinajstić information content (AvgIpc) is 2.41. The molecule has 1 aromatic carbocycles. The maximum absolute atomic E-state index is 12.2. The van der Waals surface area contributed by atoms with E-state index in [-0.39, 0.29) is 23.5 Å². The lowest BCUT2D eigenvalue weighted by atomic mass is 9.82. The predicted octanol–water partition coefficient (Wildman–Crippen LogP) is 4.28. The van der Waals surface area contributed by atoms with Crippen molar-refractivity contribution in [3.63, 3.8) is 0 Å². The summed E-state index contributed by atoms with van der Waals surface area (Å²) in [5.74, 6) is 0.742. The number of fused-ring (bicyclic) bond motifs is 1. The van der Waals surface area contributed by atoms with Gasteiger partial charge >= 0.3 is 0 Å². The standard InChI is InChI=1S/C20H31NO2/c1-19(2,3)14-20(4,5)21-18(22)13-23-17-11-10-15-8-6-7-9-16(15)12-17/h10-12H,6-9,13-14H2,1-5H3,(H,21,22). The Morgan fingerprint density at radius 2 is 1.74 bits per heavy atom. The highest BCUT2D eigenvalue weighted by molar-refractivity contribution is 5.78. The maximum Gasteiger partial charge on any atom is 0.258 e. The van der Waals surface area contributed by atoms with Crippen molar-refractivity contribution in [2.75, 3.05) is 6.61 Å². The van der Waals surface area contributed by atoms with Gasteiger partial charge in [-0.1, -0.05) is 26.8 Å². The fourth-order valence-corrected chi connectivity index (χ4v) is 3.73. The van der Waals surface area contributed by atoms with Crippen molar-refractivity contribution >= 4 is 5.91 Å². The Hall–Kier alpha value is -1.51. The molecule has 0 aliphatic heterocycles. The largest absolute Gasteiger partial charge is 0.484 e. The van der Waals surface area contributed by atoms with Crippen molar-refractivity contribution in [1.29, 1.82) is 0 Å². The Labute approximate surface area is 140 Å². The van der Waals surface area contributed by atoms with Crippen LogP contribution < -0.4 is 10.1 Å². The SMILES string of the molecule is CC(C)(C)CC(C)(C)NC(=O)COc1ccc2c(c1)CCCC2. The van der Waals surface area contributed by atoms with E-state index in [1.807, 2.05) is 6.07 Å². The summed E-state index contributed by atoms with van der Waals surface area (Å²) in [6.07, 6.45) is 5.73. The number of carbonyl (C=O) groups is 1. The van der Waals surface area contributed by atoms with Gasteiger partial charge in [-0.25, -0.2) is 0 Å². The van der Waals surface area contributed by atoms with Crippen molar-refractivity contribution < 1.29 is 9.53 Å². The van der Waals surface area contributed by atoms with Gasteiger partial charge in [0, 0.05) is 5.54 Å². The monoisotopic (exact) mass is 317 g/mol. The molecule has 0 heterocycles. The smallest absolute Gasteiger partial charge is 0.258 e. The molecule has 0 saturated heterocycles. The molecule has 1 aromatic rings. The number of rotatable bonds is 5. The van der Waals surface area contributed by atoms with E-state index in [9.17, 15) is 4.79 Å². The van der Waals surface area contributed by atoms with Gasteiger partial charge in [-0.05, 0) is 74.6 Å². The molecule has 0 radical (unpaired) electrons. The zero-order valence-corrected chi connectivity index (χ0v) is 15.3. The highest BCUT2D eigenvalue weighted by Crippen LogP contribution is 2.27. The van der Waals surface area contributed by atoms with Gasteiger partial charge in [0.05, 0.1) is 0 Å². The molecule has 23 heavy (non-hydrogen) atoms. The Morgan fingerprint density at radius 1 is 1.09 bits per heavy atom. The van der Waals surface area contributed by atoms with Gasteiger partial charge in [0.1, 0.15) is 5.75 Å². The highest BCUT2D eigenvalue weighted by atomic mass is 16.5. The molecule has 0 fully saturated rings. The summed E-state index contributed by atoms with van der Waals surface area (Å²) in [5.41, 5.74) is 2.76. The van der Waals surface area contributed by atoms with E-state index in [1.165, 1.54) is 24.0 Å². The van der Waals surface area contributed by atoms with Crippen LogP contribution in [0.5, 0.6) is 5.75 Å². The number of hydrogen-bond donors (Lipinski definition) is 1. The van der Waals surface area contributed by atoms with Crippen LogP contribution in [0.25, 0.3) is 0 Å². The first-order valence-corrected chi connectivity index (χ1v) is 8.70. The van der Waals surface area contributed by atoms with Crippen LogP contribution in [0.3, 0.4) is 0 Å². The third kappa shape index (κ3) is 5.89. The second-order valence-electron chi connectivity index (χ2n) is 8.60. The van der Waals surface area contributed by atoms with Gasteiger partial charge in [-0.15, -0.1) is 0 Å². The molecular formula is C20H31NO2. The molecule has 3 heteroatoms. The van der Waals surface area contributed by atoms with Crippen LogP contribution in [-0.4, -0.2) is 18.1 Å². The Morgan fingerprint density at radius 3 is 2.39 bits per heavy atom. The fraction of sp³-hybridized carbons (Fsp3) is 0.650. The van der Waals surface area contributed by atoms with Crippen molar-refractivity contribution in [2.45, 2.75) is 72.3 Å². The number of aryl methyl sites for hydroxylation is 2. The van der Waals surface area contributed by atoms with Crippen LogP contribution in [0.2, 0.25) is 0 Å². The molecule has 2 rings (SSSR count). The summed E-state index contributed by atoms with van der Waals surface area (Å²) in [5, 5.41) is 3.08. The molecule has 128 valence electrons. The lowest BCUT2D eigenvalue weighted by Crippen LogP contribution is -2.47. The third-order valence-corrected chi connectivity index (χ3v) is 4.14. The molecule has 0 spiro atoms. The molecular weight excluding hydrogens is 286 g/mol. The molecule has 0 saturated carbocycles. The number of benzene rings is 1. The number of carbonyl (C=O) groups excluding carboxylic acids is 1. The van der Waals surface area contributed by atoms with Crippen molar-refractivity contribution in [1.82, 2.24) is 5.32 Å². The second-order valence-corrected chi connectivity index (χ2v) is 8.60. The molecule has 1 aliphatic carbocycles. The van der Waals surface area contributed by atoms with Crippen LogP contribution >= 0.6 is 0 Å². The number of hydrogen-bond acceptors (Lipinski definition) is 2. The minimum absolute atomic E-state index is 0.0584. The molecule has 3 nitrogen and oxygen atoms in total. The molecule has 0 unspecified atom stereocenters. The molecule has 0 atom stereocenters. The van der Waals surface area contributed by atoms with E-state index < -0.39 is 0 Å². The molecule has 1 N–H and O–H groups in total. The van der Waals surface area contributed by atoms with Gasteiger partial charge < -0.3 is 10.1 Å². The van der Waals surface area contributed by atoms with E-state index in [0.29, 0.717) is 0 Å². The number of ether oxygens (including phenoxy) is 1. The topological polar surface area (TPSA) is 38.3 Å². The van der Waals surface area contributed by atoms with Crippen molar-refractivity contribution in [3.8, 4) is 5.75 Å². The lowest BCUT2D eigenvalue weighted by Gasteiger charge is -2.33. The summed E-state index contributed by atoms with van der Waals surface area (Å²) in [7, 11) is 0. The summed E-state index contributed by atoms with van der Waals surface area (Å²) in [6.45, 7) is 10.8. The van der Waals surface area contributed by atoms with Gasteiger partial charge in [-0.3, -0.25) is 4.79 Å². The first kappa shape index (κ1) is 17.8. The quantitative estimate of drug-likeness (QED) is 0.880. The Balaban J connectivity index is 1.87. The summed E-state index contributed by atoms with van der Waals surface area (Å²) in [4.78, 5) is 12.2. The van der Waals surface area contributed by atoms with Crippen molar-refractivity contribution in [3.05, 3.63) is 29.3 Å². The molecule has 0 aromatic heterocycles.